The summed E-state index contributed by atoms with van der Waals surface area (Å²) in [6.07, 6.45) is 4.52. The van der Waals surface area contributed by atoms with Gasteiger partial charge in [0.05, 0.1) is 17.7 Å². The number of hydrogen-bond acceptors (Lipinski definition) is 5. The normalized spacial score (nSPS) is 15.8. The van der Waals surface area contributed by atoms with E-state index in [1.54, 1.807) is 6.92 Å². The minimum atomic E-state index is -0.515. The quantitative estimate of drug-likeness (QED) is 0.603. The summed E-state index contributed by atoms with van der Waals surface area (Å²) < 4.78 is 10.7. The topological polar surface area (TPSA) is 72.6 Å². The van der Waals surface area contributed by atoms with Crippen LogP contribution in [0.15, 0.2) is 34.9 Å². The Labute approximate surface area is 178 Å². The molecule has 0 saturated carbocycles. The lowest BCUT2D eigenvalue weighted by molar-refractivity contribution is -0.159. The van der Waals surface area contributed by atoms with E-state index >= 15 is 0 Å². The molecule has 0 unspecified atom stereocenters. The SMILES string of the molecule is CCOC(=O)C1(CCCc2ccccc2)CCN(C(=O)c2c(CC)noc2C)CC1. The van der Waals surface area contributed by atoms with Crippen LogP contribution in [0.5, 0.6) is 0 Å². The van der Waals surface area contributed by atoms with Crippen molar-refractivity contribution in [1.29, 1.82) is 0 Å². The molecule has 1 aromatic carbocycles. The Hall–Kier alpha value is -2.63. The van der Waals surface area contributed by atoms with E-state index in [2.05, 4.69) is 17.3 Å². The molecule has 0 atom stereocenters. The van der Waals surface area contributed by atoms with Crippen LogP contribution in [0.3, 0.4) is 0 Å². The maximum absolute atomic E-state index is 13.1. The number of hydrogen-bond donors (Lipinski definition) is 0. The molecule has 0 N–H and O–H groups in total. The van der Waals surface area contributed by atoms with Crippen molar-refractivity contribution >= 4 is 11.9 Å². The summed E-state index contributed by atoms with van der Waals surface area (Å²) in [5, 5.41) is 4.00. The molecule has 0 radical (unpaired) electrons. The van der Waals surface area contributed by atoms with Gasteiger partial charge < -0.3 is 14.2 Å². The van der Waals surface area contributed by atoms with E-state index in [-0.39, 0.29) is 11.9 Å². The van der Waals surface area contributed by atoms with Gasteiger partial charge in [0, 0.05) is 13.1 Å². The number of benzene rings is 1. The number of carbonyl (C=O) groups excluding carboxylic acids is 2. The van der Waals surface area contributed by atoms with Crippen molar-refractivity contribution in [3.63, 3.8) is 0 Å². The molecule has 0 aliphatic carbocycles. The van der Waals surface area contributed by atoms with E-state index in [0.717, 1.165) is 19.3 Å². The molecule has 0 bridgehead atoms. The van der Waals surface area contributed by atoms with Crippen LogP contribution in [0.4, 0.5) is 0 Å². The highest BCUT2D eigenvalue weighted by Crippen LogP contribution is 2.38. The molecule has 1 saturated heterocycles. The van der Waals surface area contributed by atoms with Gasteiger partial charge in [-0.1, -0.05) is 42.4 Å². The summed E-state index contributed by atoms with van der Waals surface area (Å²) in [6, 6.07) is 10.3. The number of nitrogens with zero attached hydrogens (tertiary/aromatic N) is 2. The number of ether oxygens (including phenoxy) is 1. The molecule has 3 rings (SSSR count). The first-order valence-electron chi connectivity index (χ1n) is 11.0. The number of rotatable bonds is 8. The molecular weight excluding hydrogens is 380 g/mol. The van der Waals surface area contributed by atoms with Gasteiger partial charge in [-0.05, 0) is 57.9 Å². The number of amides is 1. The zero-order chi connectivity index (χ0) is 21.6. The van der Waals surface area contributed by atoms with E-state index < -0.39 is 5.41 Å². The average Bonchev–Trinajstić information content (AvgIpc) is 3.15. The number of likely N-dealkylation sites (tertiary alicyclic amines) is 1. The fraction of sp³-hybridized carbons (Fsp3) is 0.542. The van der Waals surface area contributed by atoms with Gasteiger partial charge in [-0.3, -0.25) is 9.59 Å². The van der Waals surface area contributed by atoms with E-state index in [1.807, 2.05) is 36.9 Å². The van der Waals surface area contributed by atoms with Gasteiger partial charge in [0.25, 0.3) is 5.91 Å². The molecule has 2 aromatic rings. The van der Waals surface area contributed by atoms with E-state index in [0.29, 0.717) is 56.0 Å². The van der Waals surface area contributed by atoms with Crippen molar-refractivity contribution < 1.29 is 18.8 Å². The Morgan fingerprint density at radius 1 is 1.17 bits per heavy atom. The average molecular weight is 413 g/mol. The molecule has 1 amide bonds. The molecule has 1 aliphatic heterocycles. The smallest absolute Gasteiger partial charge is 0.312 e. The molecule has 2 heterocycles. The van der Waals surface area contributed by atoms with Crippen molar-refractivity contribution in [2.45, 2.75) is 59.3 Å². The molecule has 1 aromatic heterocycles. The summed E-state index contributed by atoms with van der Waals surface area (Å²) in [4.78, 5) is 27.8. The van der Waals surface area contributed by atoms with Gasteiger partial charge >= 0.3 is 5.97 Å². The molecule has 162 valence electrons. The van der Waals surface area contributed by atoms with Crippen molar-refractivity contribution in [3.8, 4) is 0 Å². The first-order valence-corrected chi connectivity index (χ1v) is 11.0. The van der Waals surface area contributed by atoms with Crippen LogP contribution in [0.25, 0.3) is 0 Å². The van der Waals surface area contributed by atoms with E-state index in [1.165, 1.54) is 5.56 Å². The summed E-state index contributed by atoms with van der Waals surface area (Å²) in [5.41, 5.74) is 2.03. The number of esters is 1. The van der Waals surface area contributed by atoms with Gasteiger partial charge in [-0.2, -0.15) is 0 Å². The summed E-state index contributed by atoms with van der Waals surface area (Å²) in [6.45, 7) is 7.03. The highest BCUT2D eigenvalue weighted by Gasteiger charge is 2.43. The van der Waals surface area contributed by atoms with Gasteiger partial charge in [0.2, 0.25) is 0 Å². The molecule has 6 heteroatoms. The molecular formula is C24H32N2O4. The lowest BCUT2D eigenvalue weighted by Gasteiger charge is -2.40. The zero-order valence-corrected chi connectivity index (χ0v) is 18.3. The van der Waals surface area contributed by atoms with Gasteiger partial charge in [-0.15, -0.1) is 0 Å². The van der Waals surface area contributed by atoms with Crippen LogP contribution in [0.1, 0.15) is 66.9 Å². The van der Waals surface area contributed by atoms with Crippen molar-refractivity contribution in [2.75, 3.05) is 19.7 Å². The van der Waals surface area contributed by atoms with E-state index in [4.69, 9.17) is 9.26 Å². The first-order chi connectivity index (χ1) is 14.5. The van der Waals surface area contributed by atoms with Crippen molar-refractivity contribution in [3.05, 3.63) is 52.9 Å². The Morgan fingerprint density at radius 2 is 1.87 bits per heavy atom. The lowest BCUT2D eigenvalue weighted by atomic mass is 9.74. The second-order valence-electron chi connectivity index (χ2n) is 8.05. The van der Waals surface area contributed by atoms with Gasteiger partial charge in [0.1, 0.15) is 11.3 Å². The number of aromatic nitrogens is 1. The fourth-order valence-corrected chi connectivity index (χ4v) is 4.35. The maximum Gasteiger partial charge on any atom is 0.312 e. The minimum Gasteiger partial charge on any atom is -0.466 e. The van der Waals surface area contributed by atoms with Gasteiger partial charge in [-0.25, -0.2) is 0 Å². The third kappa shape index (κ3) is 4.74. The largest absolute Gasteiger partial charge is 0.466 e. The Bertz CT molecular complexity index is 851. The third-order valence-electron chi connectivity index (χ3n) is 6.16. The van der Waals surface area contributed by atoms with Crippen molar-refractivity contribution in [2.24, 2.45) is 5.41 Å². The first kappa shape index (κ1) is 22.1. The Kier molecular flexibility index (Phi) is 7.29. The van der Waals surface area contributed by atoms with Crippen LogP contribution in [0, 0.1) is 12.3 Å². The van der Waals surface area contributed by atoms with Crippen LogP contribution in [0.2, 0.25) is 0 Å². The summed E-state index contributed by atoms with van der Waals surface area (Å²) in [7, 11) is 0. The van der Waals surface area contributed by atoms with Crippen LogP contribution in [-0.2, 0) is 22.4 Å². The summed E-state index contributed by atoms with van der Waals surface area (Å²) in [5.74, 6) is 0.384. The Balaban J connectivity index is 1.67. The molecule has 6 nitrogen and oxygen atoms in total. The second kappa shape index (κ2) is 9.92. The van der Waals surface area contributed by atoms with Crippen molar-refractivity contribution in [1.82, 2.24) is 10.1 Å². The second-order valence-corrected chi connectivity index (χ2v) is 8.05. The zero-order valence-electron chi connectivity index (χ0n) is 18.3. The molecule has 30 heavy (non-hydrogen) atoms. The Morgan fingerprint density at radius 3 is 2.50 bits per heavy atom. The molecule has 1 fully saturated rings. The van der Waals surface area contributed by atoms with Crippen LogP contribution in [-0.4, -0.2) is 41.6 Å². The highest BCUT2D eigenvalue weighted by molar-refractivity contribution is 5.96. The summed E-state index contributed by atoms with van der Waals surface area (Å²) >= 11 is 0. The number of aryl methyl sites for hydroxylation is 3. The van der Waals surface area contributed by atoms with Crippen LogP contribution < -0.4 is 0 Å². The molecule has 1 aliphatic rings. The third-order valence-corrected chi connectivity index (χ3v) is 6.16. The predicted octanol–water partition coefficient (Wildman–Crippen LogP) is 4.35. The lowest BCUT2D eigenvalue weighted by Crippen LogP contribution is -2.47. The van der Waals surface area contributed by atoms with Crippen LogP contribution >= 0.6 is 0 Å². The molecule has 0 spiro atoms. The standard InChI is InChI=1S/C24H32N2O4/c1-4-20-21(18(3)30-25-20)22(27)26-16-14-24(15-17-26,23(28)29-5-2)13-9-12-19-10-7-6-8-11-19/h6-8,10-11H,4-5,9,12-17H2,1-3H3. The number of piperidine rings is 1. The monoisotopic (exact) mass is 412 g/mol. The van der Waals surface area contributed by atoms with Gasteiger partial charge in [0.15, 0.2) is 0 Å². The maximum atomic E-state index is 13.1. The highest BCUT2D eigenvalue weighted by atomic mass is 16.5. The number of carbonyl (C=O) groups is 2. The minimum absolute atomic E-state index is 0.0488. The van der Waals surface area contributed by atoms with E-state index in [9.17, 15) is 9.59 Å². The predicted molar refractivity (Wildman–Crippen MR) is 114 cm³/mol. The fourth-order valence-electron chi connectivity index (χ4n) is 4.35.